The first-order chi connectivity index (χ1) is 13.9. The number of amides is 1. The predicted molar refractivity (Wildman–Crippen MR) is 110 cm³/mol. The van der Waals surface area contributed by atoms with Gasteiger partial charge in [-0.2, -0.15) is 15.3 Å². The Kier molecular flexibility index (Phi) is 4.92. The SMILES string of the molecule is CNC(=O)[C@]1(C)CC[C@@H](Nc2ncc3c(Br)nn(-c4cncc(C#N)c4)c3n2)C1. The van der Waals surface area contributed by atoms with E-state index >= 15 is 0 Å². The number of halogens is 1. The summed E-state index contributed by atoms with van der Waals surface area (Å²) in [6.45, 7) is 1.99. The zero-order valence-electron chi connectivity index (χ0n) is 16.0. The fraction of sp³-hybridized carbons (Fsp3) is 0.368. The lowest BCUT2D eigenvalue weighted by molar-refractivity contribution is -0.129. The molecular weight excluding hydrogens is 436 g/mol. The summed E-state index contributed by atoms with van der Waals surface area (Å²) in [5.74, 6) is 0.534. The number of pyridine rings is 1. The van der Waals surface area contributed by atoms with Gasteiger partial charge in [0.05, 0.1) is 22.8 Å². The summed E-state index contributed by atoms with van der Waals surface area (Å²) in [5.41, 5.74) is 1.29. The van der Waals surface area contributed by atoms with Gasteiger partial charge in [-0.05, 0) is 41.3 Å². The molecule has 1 amide bonds. The van der Waals surface area contributed by atoms with E-state index in [0.29, 0.717) is 33.9 Å². The van der Waals surface area contributed by atoms with Gasteiger partial charge in [0.2, 0.25) is 11.9 Å². The molecule has 3 aromatic rings. The zero-order valence-corrected chi connectivity index (χ0v) is 17.6. The monoisotopic (exact) mass is 454 g/mol. The average Bonchev–Trinajstić information content (AvgIpc) is 3.28. The first-order valence-corrected chi connectivity index (χ1v) is 9.98. The molecule has 0 unspecified atom stereocenters. The van der Waals surface area contributed by atoms with Crippen molar-refractivity contribution in [3.8, 4) is 11.8 Å². The minimum atomic E-state index is -0.384. The van der Waals surface area contributed by atoms with Crippen molar-refractivity contribution in [3.63, 3.8) is 0 Å². The Hall–Kier alpha value is -3.06. The van der Waals surface area contributed by atoms with Crippen LogP contribution in [0.4, 0.5) is 5.95 Å². The number of nitriles is 1. The molecule has 0 aliphatic heterocycles. The third kappa shape index (κ3) is 3.53. The molecule has 9 nitrogen and oxygen atoms in total. The van der Waals surface area contributed by atoms with Crippen LogP contribution in [0.5, 0.6) is 0 Å². The quantitative estimate of drug-likeness (QED) is 0.620. The molecule has 0 spiro atoms. The number of fused-ring (bicyclic) bond motifs is 1. The molecule has 0 saturated heterocycles. The number of rotatable bonds is 4. The molecule has 29 heavy (non-hydrogen) atoms. The van der Waals surface area contributed by atoms with Gasteiger partial charge in [0.25, 0.3) is 0 Å². The van der Waals surface area contributed by atoms with Gasteiger partial charge in [-0.15, -0.1) is 0 Å². The van der Waals surface area contributed by atoms with E-state index in [1.165, 1.54) is 6.20 Å². The number of anilines is 1. The number of aromatic nitrogens is 5. The Morgan fingerprint density at radius 2 is 2.24 bits per heavy atom. The second-order valence-electron chi connectivity index (χ2n) is 7.40. The largest absolute Gasteiger partial charge is 0.359 e. The lowest BCUT2D eigenvalue weighted by atomic mass is 9.87. The lowest BCUT2D eigenvalue weighted by Gasteiger charge is -2.22. The van der Waals surface area contributed by atoms with Crippen LogP contribution >= 0.6 is 15.9 Å². The third-order valence-corrected chi connectivity index (χ3v) is 5.91. The molecule has 0 radical (unpaired) electrons. The minimum Gasteiger partial charge on any atom is -0.359 e. The molecule has 148 valence electrons. The van der Waals surface area contributed by atoms with Crippen LogP contribution in [0, 0.1) is 16.7 Å². The van der Waals surface area contributed by atoms with Crippen LogP contribution in [0.1, 0.15) is 31.7 Å². The van der Waals surface area contributed by atoms with E-state index in [4.69, 9.17) is 5.26 Å². The summed E-state index contributed by atoms with van der Waals surface area (Å²) in [7, 11) is 1.67. The molecule has 0 aromatic carbocycles. The Bertz CT molecular complexity index is 1140. The number of nitrogens with zero attached hydrogens (tertiary/aromatic N) is 6. The van der Waals surface area contributed by atoms with Gasteiger partial charge < -0.3 is 10.6 Å². The normalized spacial score (nSPS) is 21.1. The van der Waals surface area contributed by atoms with Crippen molar-refractivity contribution < 1.29 is 4.79 Å². The summed E-state index contributed by atoms with van der Waals surface area (Å²) < 4.78 is 2.23. The first-order valence-electron chi connectivity index (χ1n) is 9.19. The molecule has 2 atom stereocenters. The van der Waals surface area contributed by atoms with Crippen molar-refractivity contribution in [2.45, 2.75) is 32.2 Å². The van der Waals surface area contributed by atoms with E-state index in [2.05, 4.69) is 52.7 Å². The summed E-state index contributed by atoms with van der Waals surface area (Å²) >= 11 is 3.44. The number of carbonyl (C=O) groups excluding carboxylic acids is 1. The van der Waals surface area contributed by atoms with Crippen molar-refractivity contribution >= 4 is 38.8 Å². The summed E-state index contributed by atoms with van der Waals surface area (Å²) in [5, 5.41) is 20.5. The van der Waals surface area contributed by atoms with Crippen LogP contribution < -0.4 is 10.6 Å². The fourth-order valence-electron chi connectivity index (χ4n) is 3.78. The van der Waals surface area contributed by atoms with Crippen LogP contribution in [-0.4, -0.2) is 43.7 Å². The van der Waals surface area contributed by atoms with Gasteiger partial charge in [0.15, 0.2) is 5.65 Å². The van der Waals surface area contributed by atoms with E-state index < -0.39 is 0 Å². The maximum Gasteiger partial charge on any atom is 0.225 e. The Morgan fingerprint density at radius 1 is 1.41 bits per heavy atom. The standard InChI is InChI=1S/C19H19BrN8O/c1-19(17(29)22-2)4-3-12(6-19)25-18-24-10-14-15(20)27-28(16(14)26-18)13-5-11(7-21)8-23-9-13/h5,8-10,12H,3-4,6H2,1-2H3,(H,22,29)(H,24,25,26)/t12-,19-/m1/s1. The third-order valence-electron chi connectivity index (χ3n) is 5.33. The van der Waals surface area contributed by atoms with E-state index in [1.807, 2.05) is 6.92 Å². The Labute approximate surface area is 175 Å². The van der Waals surface area contributed by atoms with Crippen molar-refractivity contribution in [2.75, 3.05) is 12.4 Å². The molecule has 4 rings (SSSR count). The molecular formula is C19H19BrN8O. The maximum atomic E-state index is 12.1. The lowest BCUT2D eigenvalue weighted by Crippen LogP contribution is -2.35. The van der Waals surface area contributed by atoms with Crippen LogP contribution in [-0.2, 0) is 4.79 Å². The van der Waals surface area contributed by atoms with Gasteiger partial charge >= 0.3 is 0 Å². The second kappa shape index (κ2) is 7.40. The van der Waals surface area contributed by atoms with Gasteiger partial charge in [0.1, 0.15) is 10.7 Å². The molecule has 3 aromatic heterocycles. The number of hydrogen-bond acceptors (Lipinski definition) is 7. The van der Waals surface area contributed by atoms with Crippen molar-refractivity contribution in [3.05, 3.63) is 34.8 Å². The topological polar surface area (TPSA) is 121 Å². The Balaban J connectivity index is 1.64. The smallest absolute Gasteiger partial charge is 0.225 e. The summed E-state index contributed by atoms with van der Waals surface area (Å²) in [6, 6.07) is 3.89. The van der Waals surface area contributed by atoms with Gasteiger partial charge in [0, 0.05) is 30.9 Å². The van der Waals surface area contributed by atoms with Crippen LogP contribution in [0.25, 0.3) is 16.7 Å². The molecule has 1 aliphatic carbocycles. The van der Waals surface area contributed by atoms with Gasteiger partial charge in [-0.25, -0.2) is 9.67 Å². The van der Waals surface area contributed by atoms with Crippen molar-refractivity contribution in [2.24, 2.45) is 5.41 Å². The van der Waals surface area contributed by atoms with Crippen LogP contribution in [0.2, 0.25) is 0 Å². The first kappa shape index (κ1) is 19.3. The Morgan fingerprint density at radius 3 is 3.00 bits per heavy atom. The number of hydrogen-bond donors (Lipinski definition) is 2. The molecule has 2 N–H and O–H groups in total. The predicted octanol–water partition coefficient (Wildman–Crippen LogP) is 2.56. The van der Waals surface area contributed by atoms with E-state index in [-0.39, 0.29) is 17.4 Å². The van der Waals surface area contributed by atoms with Crippen molar-refractivity contribution in [1.29, 1.82) is 5.26 Å². The highest BCUT2D eigenvalue weighted by Crippen LogP contribution is 2.39. The number of nitrogens with one attached hydrogen (secondary N) is 2. The number of carbonyl (C=O) groups is 1. The molecule has 3 heterocycles. The molecule has 1 fully saturated rings. The maximum absolute atomic E-state index is 12.1. The van der Waals surface area contributed by atoms with Crippen LogP contribution in [0.15, 0.2) is 29.3 Å². The van der Waals surface area contributed by atoms with Gasteiger partial charge in [-0.3, -0.25) is 9.78 Å². The van der Waals surface area contributed by atoms with E-state index in [9.17, 15) is 4.79 Å². The highest BCUT2D eigenvalue weighted by atomic mass is 79.9. The van der Waals surface area contributed by atoms with E-state index in [1.54, 1.807) is 30.2 Å². The van der Waals surface area contributed by atoms with Crippen molar-refractivity contribution in [1.82, 2.24) is 30.0 Å². The highest BCUT2D eigenvalue weighted by molar-refractivity contribution is 9.10. The molecule has 1 saturated carbocycles. The fourth-order valence-corrected chi connectivity index (χ4v) is 4.22. The minimum absolute atomic E-state index is 0.0602. The molecule has 1 aliphatic rings. The van der Waals surface area contributed by atoms with E-state index in [0.717, 1.165) is 18.2 Å². The average molecular weight is 455 g/mol. The molecule has 10 heteroatoms. The van der Waals surface area contributed by atoms with Gasteiger partial charge in [-0.1, -0.05) is 6.92 Å². The summed E-state index contributed by atoms with van der Waals surface area (Å²) in [4.78, 5) is 25.3. The van der Waals surface area contributed by atoms with Crippen LogP contribution in [0.3, 0.4) is 0 Å². The zero-order chi connectivity index (χ0) is 20.6. The summed E-state index contributed by atoms with van der Waals surface area (Å²) in [6.07, 6.45) is 7.21. The second-order valence-corrected chi connectivity index (χ2v) is 8.15. The highest BCUT2D eigenvalue weighted by Gasteiger charge is 2.40. The molecule has 0 bridgehead atoms.